The first kappa shape index (κ1) is 13.2. The summed E-state index contributed by atoms with van der Waals surface area (Å²) in [5, 5.41) is 6.51. The van der Waals surface area contributed by atoms with Crippen LogP contribution in [0.3, 0.4) is 0 Å². The lowest BCUT2D eigenvalue weighted by molar-refractivity contribution is -0.123. The van der Waals surface area contributed by atoms with E-state index in [0.717, 1.165) is 24.0 Å². The van der Waals surface area contributed by atoms with Crippen molar-refractivity contribution in [1.29, 1.82) is 0 Å². The molecule has 2 N–H and O–H groups in total. The molecule has 0 aromatic rings. The van der Waals surface area contributed by atoms with Crippen LogP contribution in [0.25, 0.3) is 0 Å². The Labute approximate surface area is 108 Å². The monoisotopic (exact) mass is 256 g/mol. The minimum absolute atomic E-state index is 0.0395. The fraction of sp³-hybridized carbons (Fsp3) is 0.923. The van der Waals surface area contributed by atoms with Gasteiger partial charge in [0.05, 0.1) is 6.04 Å². The molecule has 1 saturated heterocycles. The van der Waals surface area contributed by atoms with Crippen molar-refractivity contribution in [1.82, 2.24) is 10.6 Å². The molecular weight excluding hydrogens is 232 g/mol. The molecule has 1 aliphatic heterocycles. The van der Waals surface area contributed by atoms with Gasteiger partial charge in [-0.1, -0.05) is 13.3 Å². The highest BCUT2D eigenvalue weighted by atomic mass is 32.2. The van der Waals surface area contributed by atoms with Gasteiger partial charge in [0.25, 0.3) is 0 Å². The first-order valence-electron chi connectivity index (χ1n) is 6.91. The van der Waals surface area contributed by atoms with Crippen LogP contribution in [-0.4, -0.2) is 36.0 Å². The van der Waals surface area contributed by atoms with Crippen molar-refractivity contribution in [3.8, 4) is 0 Å². The zero-order valence-electron chi connectivity index (χ0n) is 10.7. The Morgan fingerprint density at radius 1 is 1.35 bits per heavy atom. The molecule has 1 unspecified atom stereocenters. The van der Waals surface area contributed by atoms with Crippen molar-refractivity contribution in [3.63, 3.8) is 0 Å². The summed E-state index contributed by atoms with van der Waals surface area (Å²) in [4.78, 5) is 12.0. The summed E-state index contributed by atoms with van der Waals surface area (Å²) < 4.78 is 0. The van der Waals surface area contributed by atoms with E-state index in [0.29, 0.717) is 6.04 Å². The van der Waals surface area contributed by atoms with Crippen molar-refractivity contribution in [2.45, 2.75) is 51.1 Å². The summed E-state index contributed by atoms with van der Waals surface area (Å²) in [7, 11) is 0. The molecule has 98 valence electrons. The van der Waals surface area contributed by atoms with Crippen molar-refractivity contribution < 1.29 is 4.79 Å². The average Bonchev–Trinajstić information content (AvgIpc) is 2.40. The lowest BCUT2D eigenvalue weighted by Gasteiger charge is -2.30. The first-order chi connectivity index (χ1) is 8.29. The Balaban J connectivity index is 1.71. The Hall–Kier alpha value is -0.220. The molecule has 1 aliphatic carbocycles. The molecule has 0 bridgehead atoms. The van der Waals surface area contributed by atoms with Crippen LogP contribution in [0.1, 0.15) is 39.0 Å². The smallest absolute Gasteiger partial charge is 0.238 e. The van der Waals surface area contributed by atoms with Crippen molar-refractivity contribution in [2.24, 2.45) is 5.92 Å². The normalized spacial score (nSPS) is 34.3. The summed E-state index contributed by atoms with van der Waals surface area (Å²) in [5.74, 6) is 3.17. The Kier molecular flexibility index (Phi) is 5.16. The average molecular weight is 256 g/mol. The molecular formula is C13H24N2OS. The lowest BCUT2D eigenvalue weighted by Crippen LogP contribution is -2.52. The predicted octanol–water partition coefficient (Wildman–Crippen LogP) is 1.78. The van der Waals surface area contributed by atoms with Gasteiger partial charge in [0, 0.05) is 24.1 Å². The van der Waals surface area contributed by atoms with Gasteiger partial charge in [0.15, 0.2) is 0 Å². The van der Waals surface area contributed by atoms with E-state index >= 15 is 0 Å². The molecule has 2 fully saturated rings. The van der Waals surface area contributed by atoms with E-state index in [1.165, 1.54) is 32.1 Å². The maximum Gasteiger partial charge on any atom is 0.238 e. The van der Waals surface area contributed by atoms with Gasteiger partial charge in [-0.05, 0) is 31.6 Å². The zero-order chi connectivity index (χ0) is 12.1. The van der Waals surface area contributed by atoms with Crippen LogP contribution in [0, 0.1) is 5.92 Å². The molecule has 1 saturated carbocycles. The van der Waals surface area contributed by atoms with Crippen molar-refractivity contribution in [3.05, 3.63) is 0 Å². The Morgan fingerprint density at radius 2 is 2.12 bits per heavy atom. The summed E-state index contributed by atoms with van der Waals surface area (Å²) in [6.45, 7) is 3.23. The van der Waals surface area contributed by atoms with Crippen LogP contribution >= 0.6 is 11.8 Å². The van der Waals surface area contributed by atoms with Gasteiger partial charge >= 0.3 is 0 Å². The third-order valence-corrected chi connectivity index (χ3v) is 5.07. The Bertz CT molecular complexity index is 246. The minimum Gasteiger partial charge on any atom is -0.352 e. The summed E-state index contributed by atoms with van der Waals surface area (Å²) >= 11 is 1.87. The number of carbonyl (C=O) groups is 1. The maximum absolute atomic E-state index is 12.0. The SMILES string of the molecule is CCC1CCC(NC(=O)C2CSCCN2)CC1. The molecule has 2 rings (SSSR count). The topological polar surface area (TPSA) is 41.1 Å². The second-order valence-corrected chi connectivity index (χ2v) is 6.37. The fourth-order valence-corrected chi connectivity index (χ4v) is 3.68. The number of amides is 1. The van der Waals surface area contributed by atoms with Crippen LogP contribution in [0.5, 0.6) is 0 Å². The molecule has 4 heteroatoms. The largest absolute Gasteiger partial charge is 0.352 e. The van der Waals surface area contributed by atoms with E-state index in [4.69, 9.17) is 0 Å². The van der Waals surface area contributed by atoms with Crippen LogP contribution in [0.2, 0.25) is 0 Å². The standard InChI is InChI=1S/C13H24N2OS/c1-2-10-3-5-11(6-4-10)15-13(16)12-9-17-8-7-14-12/h10-12,14H,2-9H2,1H3,(H,15,16). The zero-order valence-corrected chi connectivity index (χ0v) is 11.5. The quantitative estimate of drug-likeness (QED) is 0.809. The molecule has 2 aliphatic rings. The van der Waals surface area contributed by atoms with E-state index < -0.39 is 0 Å². The molecule has 0 aromatic carbocycles. The molecule has 3 nitrogen and oxygen atoms in total. The molecule has 17 heavy (non-hydrogen) atoms. The fourth-order valence-electron chi connectivity index (χ4n) is 2.75. The molecule has 0 radical (unpaired) electrons. The van der Waals surface area contributed by atoms with Gasteiger partial charge in [0.1, 0.15) is 0 Å². The number of nitrogens with one attached hydrogen (secondary N) is 2. The second-order valence-electron chi connectivity index (χ2n) is 5.22. The molecule has 0 spiro atoms. The highest BCUT2D eigenvalue weighted by molar-refractivity contribution is 7.99. The van der Waals surface area contributed by atoms with Gasteiger partial charge < -0.3 is 10.6 Å². The van der Waals surface area contributed by atoms with Crippen LogP contribution in [0.4, 0.5) is 0 Å². The van der Waals surface area contributed by atoms with Gasteiger partial charge in [-0.3, -0.25) is 4.79 Å². The second kappa shape index (κ2) is 6.64. The Morgan fingerprint density at radius 3 is 2.71 bits per heavy atom. The summed E-state index contributed by atoms with van der Waals surface area (Å²) in [5.41, 5.74) is 0. The first-order valence-corrected chi connectivity index (χ1v) is 8.06. The summed E-state index contributed by atoms with van der Waals surface area (Å²) in [6.07, 6.45) is 6.21. The minimum atomic E-state index is 0.0395. The van der Waals surface area contributed by atoms with Gasteiger partial charge in [-0.2, -0.15) is 11.8 Å². The number of hydrogen-bond donors (Lipinski definition) is 2. The lowest BCUT2D eigenvalue weighted by atomic mass is 9.84. The predicted molar refractivity (Wildman–Crippen MR) is 73.3 cm³/mol. The molecule has 0 aromatic heterocycles. The maximum atomic E-state index is 12.0. The van der Waals surface area contributed by atoms with Gasteiger partial charge in [-0.15, -0.1) is 0 Å². The van der Waals surface area contributed by atoms with Crippen LogP contribution in [-0.2, 0) is 4.79 Å². The van der Waals surface area contributed by atoms with E-state index in [9.17, 15) is 4.79 Å². The van der Waals surface area contributed by atoms with E-state index in [2.05, 4.69) is 17.6 Å². The number of thioether (sulfide) groups is 1. The highest BCUT2D eigenvalue weighted by Gasteiger charge is 2.25. The van der Waals surface area contributed by atoms with E-state index in [1.807, 2.05) is 11.8 Å². The third kappa shape index (κ3) is 3.88. The summed E-state index contributed by atoms with van der Waals surface area (Å²) in [6, 6.07) is 0.469. The number of carbonyl (C=O) groups excluding carboxylic acids is 1. The van der Waals surface area contributed by atoms with Crippen molar-refractivity contribution in [2.75, 3.05) is 18.1 Å². The van der Waals surface area contributed by atoms with Crippen LogP contribution < -0.4 is 10.6 Å². The van der Waals surface area contributed by atoms with E-state index in [1.54, 1.807) is 0 Å². The molecule has 1 atom stereocenters. The van der Waals surface area contributed by atoms with Crippen LogP contribution in [0.15, 0.2) is 0 Å². The van der Waals surface area contributed by atoms with Gasteiger partial charge in [-0.25, -0.2) is 0 Å². The molecule has 1 heterocycles. The number of rotatable bonds is 3. The van der Waals surface area contributed by atoms with Crippen molar-refractivity contribution >= 4 is 17.7 Å². The number of hydrogen-bond acceptors (Lipinski definition) is 3. The third-order valence-electron chi connectivity index (χ3n) is 4.01. The van der Waals surface area contributed by atoms with Gasteiger partial charge in [0.2, 0.25) is 5.91 Å². The molecule has 1 amide bonds. The van der Waals surface area contributed by atoms with E-state index in [-0.39, 0.29) is 11.9 Å². The highest BCUT2D eigenvalue weighted by Crippen LogP contribution is 2.26.